The molecular weight excluding hydrogens is 386 g/mol. The van der Waals surface area contributed by atoms with Gasteiger partial charge in [0, 0.05) is 11.8 Å². The molecule has 6 heteroatoms. The second-order valence-corrected chi connectivity index (χ2v) is 10.7. The molecule has 0 saturated heterocycles. The molecule has 5 nitrogen and oxygen atoms in total. The van der Waals surface area contributed by atoms with Crippen molar-refractivity contribution in [3.63, 3.8) is 0 Å². The van der Waals surface area contributed by atoms with Crippen molar-refractivity contribution in [3.05, 3.63) is 53.6 Å². The highest BCUT2D eigenvalue weighted by Gasteiger charge is 2.43. The lowest BCUT2D eigenvalue weighted by Gasteiger charge is -2.23. The number of rotatable bonds is 8. The number of carbonyl (C=O) groups excluding carboxylic acids is 1. The van der Waals surface area contributed by atoms with Gasteiger partial charge in [0.05, 0.1) is 17.0 Å². The van der Waals surface area contributed by atoms with Crippen LogP contribution in [0.5, 0.6) is 0 Å². The van der Waals surface area contributed by atoms with Crippen LogP contribution < -0.4 is 4.72 Å². The van der Waals surface area contributed by atoms with E-state index in [1.165, 1.54) is 0 Å². The van der Waals surface area contributed by atoms with Gasteiger partial charge in [-0.05, 0) is 68.0 Å². The molecular formula is C23H29NO4S. The number of ketones is 1. The molecule has 0 atom stereocenters. The minimum absolute atomic E-state index is 0.142. The smallest absolute Gasteiger partial charge is 0.241 e. The van der Waals surface area contributed by atoms with Gasteiger partial charge in [0.15, 0.2) is 0 Å². The number of aliphatic hydroxyl groups is 1. The molecule has 1 fully saturated rings. The maximum atomic E-state index is 12.5. The number of hydrogen-bond donors (Lipinski definition) is 2. The van der Waals surface area contributed by atoms with Crippen LogP contribution in [0.15, 0.2) is 47.4 Å². The second-order valence-electron chi connectivity index (χ2n) is 8.98. The van der Waals surface area contributed by atoms with Crippen LogP contribution >= 0.6 is 0 Å². The van der Waals surface area contributed by atoms with Crippen LogP contribution in [0.3, 0.4) is 0 Å². The van der Waals surface area contributed by atoms with Crippen molar-refractivity contribution in [2.24, 2.45) is 5.41 Å². The van der Waals surface area contributed by atoms with Crippen LogP contribution in [0.4, 0.5) is 0 Å². The summed E-state index contributed by atoms with van der Waals surface area (Å²) in [6.45, 7) is 6.97. The Morgan fingerprint density at radius 2 is 1.76 bits per heavy atom. The Balaban J connectivity index is 1.84. The molecule has 0 aliphatic heterocycles. The lowest BCUT2D eigenvalue weighted by molar-refractivity contribution is -0.122. The summed E-state index contributed by atoms with van der Waals surface area (Å²) in [6.07, 6.45) is 2.37. The molecule has 29 heavy (non-hydrogen) atoms. The molecule has 2 aromatic carbocycles. The highest BCUT2D eigenvalue weighted by molar-refractivity contribution is 7.89. The fourth-order valence-electron chi connectivity index (χ4n) is 3.22. The molecule has 1 aliphatic rings. The third kappa shape index (κ3) is 4.94. The topological polar surface area (TPSA) is 83.5 Å². The van der Waals surface area contributed by atoms with Crippen molar-refractivity contribution in [3.8, 4) is 11.1 Å². The fourth-order valence-corrected chi connectivity index (χ4v) is 4.63. The SMILES string of the molecule is Cc1ccc(CC(=O)C2(C)CC2)cc1-c1ccc(S(=O)(=O)NC(C)(C)CO)cc1. The van der Waals surface area contributed by atoms with E-state index >= 15 is 0 Å². The van der Waals surface area contributed by atoms with Gasteiger partial charge in [-0.25, -0.2) is 13.1 Å². The number of hydrogen-bond acceptors (Lipinski definition) is 4. The van der Waals surface area contributed by atoms with Crippen LogP contribution in [-0.4, -0.2) is 31.5 Å². The molecule has 156 valence electrons. The summed E-state index contributed by atoms with van der Waals surface area (Å²) in [5.74, 6) is 0.284. The quantitative estimate of drug-likeness (QED) is 0.690. The van der Waals surface area contributed by atoms with Crippen LogP contribution in [-0.2, 0) is 21.2 Å². The molecule has 2 aromatic rings. The summed E-state index contributed by atoms with van der Waals surface area (Å²) in [5, 5.41) is 9.32. The number of nitrogens with one attached hydrogen (secondary N) is 1. The van der Waals surface area contributed by atoms with E-state index in [1.54, 1.807) is 38.1 Å². The van der Waals surface area contributed by atoms with E-state index in [2.05, 4.69) is 4.72 Å². The number of aryl methyl sites for hydroxylation is 1. The zero-order chi connectivity index (χ0) is 21.4. The van der Waals surface area contributed by atoms with Gasteiger partial charge >= 0.3 is 0 Å². The van der Waals surface area contributed by atoms with E-state index in [1.807, 2.05) is 32.0 Å². The number of sulfonamides is 1. The lowest BCUT2D eigenvalue weighted by atomic mass is 9.93. The average Bonchev–Trinajstić information content (AvgIpc) is 3.41. The maximum Gasteiger partial charge on any atom is 0.241 e. The van der Waals surface area contributed by atoms with Gasteiger partial charge in [-0.15, -0.1) is 0 Å². The molecule has 3 rings (SSSR count). The fraction of sp³-hybridized carbons (Fsp3) is 0.435. The van der Waals surface area contributed by atoms with Gasteiger partial charge in [0.2, 0.25) is 10.0 Å². The number of benzene rings is 2. The van der Waals surface area contributed by atoms with Gasteiger partial charge < -0.3 is 5.11 Å². The highest BCUT2D eigenvalue weighted by Crippen LogP contribution is 2.46. The summed E-state index contributed by atoms with van der Waals surface area (Å²) in [5.41, 5.74) is 2.85. The predicted octanol–water partition coefficient (Wildman–Crippen LogP) is 3.62. The first-order valence-corrected chi connectivity index (χ1v) is 11.3. The molecule has 0 amide bonds. The Labute approximate surface area is 173 Å². The van der Waals surface area contributed by atoms with Gasteiger partial charge in [-0.3, -0.25) is 4.79 Å². The number of aliphatic hydroxyl groups excluding tert-OH is 1. The van der Waals surface area contributed by atoms with E-state index in [-0.39, 0.29) is 22.7 Å². The first-order chi connectivity index (χ1) is 13.5. The van der Waals surface area contributed by atoms with Gasteiger partial charge in [0.25, 0.3) is 0 Å². The summed E-state index contributed by atoms with van der Waals surface area (Å²) in [6, 6.07) is 12.7. The second kappa shape index (κ2) is 7.67. The number of carbonyl (C=O) groups is 1. The van der Waals surface area contributed by atoms with Gasteiger partial charge in [-0.2, -0.15) is 0 Å². The normalized spacial score (nSPS) is 15.9. The Kier molecular flexibility index (Phi) is 5.73. The molecule has 0 bridgehead atoms. The van der Waals surface area contributed by atoms with Crippen molar-refractivity contribution >= 4 is 15.8 Å². The first kappa shape index (κ1) is 21.7. The van der Waals surface area contributed by atoms with E-state index in [9.17, 15) is 18.3 Å². The summed E-state index contributed by atoms with van der Waals surface area (Å²) in [7, 11) is -3.73. The van der Waals surface area contributed by atoms with E-state index in [0.29, 0.717) is 6.42 Å². The molecule has 0 aromatic heterocycles. The Bertz CT molecular complexity index is 1020. The van der Waals surface area contributed by atoms with Crippen LogP contribution in [0.1, 0.15) is 44.7 Å². The third-order valence-electron chi connectivity index (χ3n) is 5.62. The molecule has 1 saturated carbocycles. The predicted molar refractivity (Wildman–Crippen MR) is 114 cm³/mol. The molecule has 1 aliphatic carbocycles. The van der Waals surface area contributed by atoms with Gasteiger partial charge in [-0.1, -0.05) is 37.3 Å². The van der Waals surface area contributed by atoms with Crippen LogP contribution in [0.2, 0.25) is 0 Å². The van der Waals surface area contributed by atoms with Gasteiger partial charge in [0.1, 0.15) is 5.78 Å². The van der Waals surface area contributed by atoms with E-state index in [4.69, 9.17) is 0 Å². The summed E-state index contributed by atoms with van der Waals surface area (Å²) in [4.78, 5) is 12.6. The van der Waals surface area contributed by atoms with Crippen molar-refractivity contribution in [2.75, 3.05) is 6.61 Å². The van der Waals surface area contributed by atoms with Crippen molar-refractivity contribution in [1.82, 2.24) is 4.72 Å². The van der Waals surface area contributed by atoms with Crippen LogP contribution in [0.25, 0.3) is 11.1 Å². The molecule has 0 radical (unpaired) electrons. The van der Waals surface area contributed by atoms with Crippen LogP contribution in [0, 0.1) is 12.3 Å². The van der Waals surface area contributed by atoms with Crippen molar-refractivity contribution in [1.29, 1.82) is 0 Å². The largest absolute Gasteiger partial charge is 0.394 e. The Morgan fingerprint density at radius 1 is 1.14 bits per heavy atom. The third-order valence-corrected chi connectivity index (χ3v) is 7.34. The summed E-state index contributed by atoms with van der Waals surface area (Å²) >= 11 is 0. The maximum absolute atomic E-state index is 12.5. The molecule has 2 N–H and O–H groups in total. The van der Waals surface area contributed by atoms with Crippen molar-refractivity contribution < 1.29 is 18.3 Å². The first-order valence-electron chi connectivity index (χ1n) is 9.84. The van der Waals surface area contributed by atoms with E-state index in [0.717, 1.165) is 35.1 Å². The Hall–Kier alpha value is -2.02. The molecule has 0 heterocycles. The summed E-state index contributed by atoms with van der Waals surface area (Å²) < 4.78 is 27.6. The van der Waals surface area contributed by atoms with Crippen molar-refractivity contribution in [2.45, 2.75) is 57.4 Å². The lowest BCUT2D eigenvalue weighted by Crippen LogP contribution is -2.46. The average molecular weight is 416 g/mol. The Morgan fingerprint density at radius 3 is 2.31 bits per heavy atom. The standard InChI is InChI=1S/C23H29NO4S/c1-16-5-6-17(14-21(26)23(4)11-12-23)13-20(16)18-7-9-19(10-8-18)29(27,28)24-22(2,3)15-25/h5-10,13,24-25H,11-12,14-15H2,1-4H3. The zero-order valence-electron chi connectivity index (χ0n) is 17.5. The number of Topliss-reactive ketones (excluding diaryl/α,β-unsaturated/α-hetero) is 1. The minimum Gasteiger partial charge on any atom is -0.394 e. The minimum atomic E-state index is -3.73. The molecule has 0 unspecified atom stereocenters. The molecule has 0 spiro atoms. The zero-order valence-corrected chi connectivity index (χ0v) is 18.3. The van der Waals surface area contributed by atoms with E-state index < -0.39 is 15.6 Å². The highest BCUT2D eigenvalue weighted by atomic mass is 32.2. The monoisotopic (exact) mass is 415 g/mol.